The molecule has 2 aromatic carbocycles. The molecule has 0 aliphatic carbocycles. The average molecular weight is 339 g/mol. The van der Waals surface area contributed by atoms with Crippen LogP contribution in [0.4, 0.5) is 14.6 Å². The average Bonchev–Trinajstić information content (AvgIpc) is 2.80. The fourth-order valence-corrected chi connectivity index (χ4v) is 2.22. The maximum atomic E-state index is 13.7. The minimum absolute atomic E-state index is 0.233. The Balaban J connectivity index is 1.85. The Morgan fingerprint density at radius 2 is 2.00 bits per heavy atom. The molecule has 1 N–H and O–H groups in total. The van der Waals surface area contributed by atoms with Gasteiger partial charge in [0.05, 0.1) is 5.39 Å². The Morgan fingerprint density at radius 1 is 1.15 bits per heavy atom. The molecule has 102 valence electrons. The molecule has 0 amide bonds. The Labute approximate surface area is 121 Å². The second-order valence-electron chi connectivity index (χ2n) is 4.26. The quantitative estimate of drug-likeness (QED) is 0.765. The first-order valence-electron chi connectivity index (χ1n) is 5.86. The summed E-state index contributed by atoms with van der Waals surface area (Å²) in [6, 6.07) is 8.92. The molecule has 0 aliphatic heterocycles. The van der Waals surface area contributed by atoms with Crippen molar-refractivity contribution < 1.29 is 13.3 Å². The number of benzene rings is 2. The predicted octanol–water partition coefficient (Wildman–Crippen LogP) is 4.48. The van der Waals surface area contributed by atoms with Crippen molar-refractivity contribution in [2.75, 3.05) is 5.32 Å². The van der Waals surface area contributed by atoms with E-state index in [-0.39, 0.29) is 18.2 Å². The van der Waals surface area contributed by atoms with Gasteiger partial charge >= 0.3 is 0 Å². The number of aromatic nitrogens is 1. The van der Waals surface area contributed by atoms with Crippen molar-refractivity contribution in [3.05, 3.63) is 58.1 Å². The lowest BCUT2D eigenvalue weighted by Gasteiger charge is -2.05. The molecule has 0 fully saturated rings. The molecule has 1 heterocycles. The Kier molecular flexibility index (Phi) is 3.40. The van der Waals surface area contributed by atoms with E-state index in [9.17, 15) is 8.78 Å². The number of hydrogen-bond acceptors (Lipinski definition) is 3. The number of fused-ring (bicyclic) bond motifs is 1. The lowest BCUT2D eigenvalue weighted by molar-refractivity contribution is 0.459. The van der Waals surface area contributed by atoms with E-state index in [2.05, 4.69) is 26.4 Å². The molecule has 0 atom stereocenters. The van der Waals surface area contributed by atoms with Crippen molar-refractivity contribution in [2.24, 2.45) is 0 Å². The summed E-state index contributed by atoms with van der Waals surface area (Å²) in [4.78, 5) is 0. The molecule has 0 spiro atoms. The number of nitrogens with one attached hydrogen (secondary N) is 1. The summed E-state index contributed by atoms with van der Waals surface area (Å²) in [6.45, 7) is 0.233. The fraction of sp³-hybridized carbons (Fsp3) is 0.0714. The van der Waals surface area contributed by atoms with Crippen molar-refractivity contribution in [3.63, 3.8) is 0 Å². The monoisotopic (exact) mass is 338 g/mol. The normalized spacial score (nSPS) is 10.9. The van der Waals surface area contributed by atoms with Gasteiger partial charge in [-0.15, -0.1) is 0 Å². The largest absolute Gasteiger partial charge is 0.363 e. The Morgan fingerprint density at radius 3 is 2.80 bits per heavy atom. The Hall–Kier alpha value is -1.95. The molecule has 20 heavy (non-hydrogen) atoms. The van der Waals surface area contributed by atoms with Crippen LogP contribution in [0.3, 0.4) is 0 Å². The van der Waals surface area contributed by atoms with Gasteiger partial charge in [-0.25, -0.2) is 8.78 Å². The van der Waals surface area contributed by atoms with E-state index in [1.54, 1.807) is 12.1 Å². The number of hydrogen-bond donors (Lipinski definition) is 1. The summed E-state index contributed by atoms with van der Waals surface area (Å²) in [7, 11) is 0. The first-order chi connectivity index (χ1) is 9.63. The Bertz CT molecular complexity index is 773. The number of rotatable bonds is 3. The predicted molar refractivity (Wildman–Crippen MR) is 75.4 cm³/mol. The minimum atomic E-state index is -0.376. The van der Waals surface area contributed by atoms with Crippen molar-refractivity contribution in [1.29, 1.82) is 0 Å². The summed E-state index contributed by atoms with van der Waals surface area (Å²) < 4.78 is 32.6. The zero-order valence-corrected chi connectivity index (χ0v) is 11.7. The van der Waals surface area contributed by atoms with E-state index in [0.717, 1.165) is 0 Å². The van der Waals surface area contributed by atoms with Gasteiger partial charge in [-0.05, 0) is 30.3 Å². The lowest BCUT2D eigenvalue weighted by atomic mass is 10.2. The van der Waals surface area contributed by atoms with Crippen molar-refractivity contribution in [3.8, 4) is 0 Å². The second kappa shape index (κ2) is 5.20. The maximum Gasteiger partial charge on any atom is 0.177 e. The van der Waals surface area contributed by atoms with Gasteiger partial charge in [0, 0.05) is 16.6 Å². The molecular formula is C14H9BrF2N2O. The molecule has 1 aromatic heterocycles. The SMILES string of the molecule is Fc1ccc2onc(NCc3ccc(Br)cc3F)c2c1. The number of nitrogens with zero attached hydrogens (tertiary/aromatic N) is 1. The summed E-state index contributed by atoms with van der Waals surface area (Å²) in [6.07, 6.45) is 0. The van der Waals surface area contributed by atoms with Crippen molar-refractivity contribution >= 4 is 32.7 Å². The van der Waals surface area contributed by atoms with Gasteiger partial charge in [0.25, 0.3) is 0 Å². The molecule has 0 unspecified atom stereocenters. The van der Waals surface area contributed by atoms with Crippen LogP contribution in [0.5, 0.6) is 0 Å². The van der Waals surface area contributed by atoms with Crippen LogP contribution in [0.15, 0.2) is 45.4 Å². The highest BCUT2D eigenvalue weighted by atomic mass is 79.9. The van der Waals surface area contributed by atoms with Gasteiger partial charge in [0.2, 0.25) is 0 Å². The third kappa shape index (κ3) is 2.51. The molecule has 3 nitrogen and oxygen atoms in total. The van der Waals surface area contributed by atoms with Crippen molar-refractivity contribution in [2.45, 2.75) is 6.54 Å². The van der Waals surface area contributed by atoms with Crippen LogP contribution < -0.4 is 5.32 Å². The highest BCUT2D eigenvalue weighted by molar-refractivity contribution is 9.10. The van der Waals surface area contributed by atoms with Crippen LogP contribution in [0.1, 0.15) is 5.56 Å². The zero-order chi connectivity index (χ0) is 14.1. The number of anilines is 1. The highest BCUT2D eigenvalue weighted by Gasteiger charge is 2.10. The molecule has 6 heteroatoms. The van der Waals surface area contributed by atoms with Crippen LogP contribution in [0.25, 0.3) is 11.0 Å². The molecular weight excluding hydrogens is 330 g/mol. The molecule has 0 radical (unpaired) electrons. The van der Waals surface area contributed by atoms with Crippen LogP contribution in [0, 0.1) is 11.6 Å². The van der Waals surface area contributed by atoms with Gasteiger partial charge in [-0.3, -0.25) is 0 Å². The first-order valence-corrected chi connectivity index (χ1v) is 6.65. The van der Waals surface area contributed by atoms with Gasteiger partial charge in [0.1, 0.15) is 11.6 Å². The highest BCUT2D eigenvalue weighted by Crippen LogP contribution is 2.24. The first kappa shape index (κ1) is 13.1. The van der Waals surface area contributed by atoms with Crippen LogP contribution in [0.2, 0.25) is 0 Å². The summed E-state index contributed by atoms with van der Waals surface area (Å²) in [5.74, 6) is -0.314. The maximum absolute atomic E-state index is 13.7. The standard InChI is InChI=1S/C14H9BrF2N2O/c15-9-2-1-8(12(17)5-9)7-18-14-11-6-10(16)3-4-13(11)20-19-14/h1-6H,7H2,(H,18,19). The van der Waals surface area contributed by atoms with Crippen LogP contribution >= 0.6 is 15.9 Å². The minimum Gasteiger partial charge on any atom is -0.363 e. The zero-order valence-electron chi connectivity index (χ0n) is 10.2. The van der Waals surface area contributed by atoms with Gasteiger partial charge < -0.3 is 9.84 Å². The van der Waals surface area contributed by atoms with E-state index in [1.165, 1.54) is 24.3 Å². The molecule has 3 rings (SSSR count). The number of halogens is 3. The summed E-state index contributed by atoms with van der Waals surface area (Å²) >= 11 is 3.20. The third-order valence-corrected chi connectivity index (χ3v) is 3.39. The third-order valence-electron chi connectivity index (χ3n) is 2.89. The molecule has 0 bridgehead atoms. The van der Waals surface area contributed by atoms with Crippen molar-refractivity contribution in [1.82, 2.24) is 5.16 Å². The lowest BCUT2D eigenvalue weighted by Crippen LogP contribution is -2.02. The fourth-order valence-electron chi connectivity index (χ4n) is 1.88. The molecule has 0 saturated carbocycles. The van der Waals surface area contributed by atoms with E-state index in [1.807, 2.05) is 0 Å². The van der Waals surface area contributed by atoms with Crippen LogP contribution in [-0.2, 0) is 6.54 Å². The van der Waals surface area contributed by atoms with Crippen LogP contribution in [-0.4, -0.2) is 5.16 Å². The van der Waals surface area contributed by atoms with E-state index in [4.69, 9.17) is 4.52 Å². The summed E-state index contributed by atoms with van der Waals surface area (Å²) in [5, 5.41) is 7.29. The van der Waals surface area contributed by atoms with E-state index < -0.39 is 0 Å². The topological polar surface area (TPSA) is 38.1 Å². The molecule has 3 aromatic rings. The second-order valence-corrected chi connectivity index (χ2v) is 5.18. The van der Waals surface area contributed by atoms with E-state index >= 15 is 0 Å². The smallest absolute Gasteiger partial charge is 0.177 e. The van der Waals surface area contributed by atoms with Gasteiger partial charge in [-0.2, -0.15) is 0 Å². The molecule has 0 saturated heterocycles. The van der Waals surface area contributed by atoms with E-state index in [0.29, 0.717) is 26.8 Å². The van der Waals surface area contributed by atoms with Gasteiger partial charge in [0.15, 0.2) is 11.4 Å². The summed E-state index contributed by atoms with van der Waals surface area (Å²) in [5.41, 5.74) is 0.964. The van der Waals surface area contributed by atoms with Gasteiger partial charge in [-0.1, -0.05) is 27.2 Å². The molecule has 0 aliphatic rings.